The Morgan fingerprint density at radius 3 is 2.81 bits per heavy atom. The van der Waals surface area contributed by atoms with Crippen molar-refractivity contribution in [3.8, 4) is 0 Å². The molecule has 7 atom stereocenters. The van der Waals surface area contributed by atoms with Gasteiger partial charge < -0.3 is 10.8 Å². The molecule has 0 heterocycles. The van der Waals surface area contributed by atoms with E-state index < -0.39 is 0 Å². The van der Waals surface area contributed by atoms with Crippen LogP contribution in [0.25, 0.3) is 0 Å². The van der Waals surface area contributed by atoms with E-state index in [1.54, 1.807) is 0 Å². The van der Waals surface area contributed by atoms with Gasteiger partial charge in [0.2, 0.25) is 0 Å². The van der Waals surface area contributed by atoms with Crippen molar-refractivity contribution in [3.05, 3.63) is 11.8 Å². The highest BCUT2D eigenvalue weighted by molar-refractivity contribution is 5.87. The molecular formula is C22H36N2O3. The number of carbonyl (C=O) groups excluding carboxylic acids is 1. The van der Waals surface area contributed by atoms with Gasteiger partial charge in [-0.05, 0) is 73.5 Å². The van der Waals surface area contributed by atoms with Gasteiger partial charge in [0, 0.05) is 30.7 Å². The second-order valence-corrected chi connectivity index (χ2v) is 9.93. The number of hydrogen-bond acceptors (Lipinski definition) is 5. The van der Waals surface area contributed by atoms with E-state index >= 15 is 0 Å². The van der Waals surface area contributed by atoms with E-state index in [4.69, 9.17) is 10.6 Å². The molecule has 0 aromatic carbocycles. The molecule has 5 heteroatoms. The van der Waals surface area contributed by atoms with E-state index in [0.29, 0.717) is 48.5 Å². The molecule has 0 saturated heterocycles. The normalized spacial score (nSPS) is 46.3. The van der Waals surface area contributed by atoms with Gasteiger partial charge in [0.25, 0.3) is 0 Å². The molecular weight excluding hydrogens is 340 g/mol. The van der Waals surface area contributed by atoms with Crippen molar-refractivity contribution < 1.29 is 14.7 Å². The lowest BCUT2D eigenvalue weighted by molar-refractivity contribution is -0.145. The zero-order chi connectivity index (χ0) is 19.2. The zero-order valence-electron chi connectivity index (χ0n) is 16.9. The number of nitrogens with two attached hydrogens (primary N) is 1. The molecule has 152 valence electrons. The fourth-order valence-electron chi connectivity index (χ4n) is 7.27. The number of Topliss-reactive ketones (excluding diaryl/α,β-unsaturated/α-hetero) is 1. The van der Waals surface area contributed by atoms with Gasteiger partial charge in [-0.25, -0.2) is 0 Å². The predicted molar refractivity (Wildman–Crippen MR) is 104 cm³/mol. The van der Waals surface area contributed by atoms with E-state index in [0.717, 1.165) is 50.6 Å². The molecule has 0 radical (unpaired) electrons. The lowest BCUT2D eigenvalue weighted by Crippen LogP contribution is -2.56. The highest BCUT2D eigenvalue weighted by Crippen LogP contribution is 2.66. The minimum atomic E-state index is -0.134. The largest absolute Gasteiger partial charge is 0.396 e. The molecule has 4 N–H and O–H groups in total. The molecule has 0 aromatic rings. The quantitative estimate of drug-likeness (QED) is 0.507. The van der Waals surface area contributed by atoms with Gasteiger partial charge in [-0.1, -0.05) is 19.9 Å². The lowest BCUT2D eigenvalue weighted by Gasteiger charge is -2.61. The third-order valence-electron chi connectivity index (χ3n) is 8.83. The summed E-state index contributed by atoms with van der Waals surface area (Å²) in [5, 5.41) is 10.3. The number of hydrogen-bond donors (Lipinski definition) is 3. The molecule has 0 spiro atoms. The molecule has 27 heavy (non-hydrogen) atoms. The number of hydroxylamine groups is 1. The zero-order valence-corrected chi connectivity index (χ0v) is 16.9. The highest BCUT2D eigenvalue weighted by Gasteiger charge is 2.61. The molecule has 4 aliphatic rings. The number of nitrogens with one attached hydrogen (secondary N) is 1. The molecule has 4 rings (SSSR count). The summed E-state index contributed by atoms with van der Waals surface area (Å²) in [5.74, 6) is 2.83. The Kier molecular flexibility index (Phi) is 5.15. The Bertz CT molecular complexity index is 621. The number of ketones is 1. The minimum absolute atomic E-state index is 0.134. The van der Waals surface area contributed by atoms with E-state index in [9.17, 15) is 9.90 Å². The van der Waals surface area contributed by atoms with E-state index in [1.165, 1.54) is 0 Å². The second-order valence-electron chi connectivity index (χ2n) is 9.93. The van der Waals surface area contributed by atoms with E-state index in [2.05, 4.69) is 25.4 Å². The second kappa shape index (κ2) is 7.16. The van der Waals surface area contributed by atoms with Crippen molar-refractivity contribution in [2.75, 3.05) is 19.8 Å². The van der Waals surface area contributed by atoms with Gasteiger partial charge in [-0.2, -0.15) is 0 Å². The Hall–Kier alpha value is -0.910. The third-order valence-corrected chi connectivity index (χ3v) is 8.83. The Labute approximate surface area is 163 Å². The Morgan fingerprint density at radius 2 is 2.07 bits per heavy atom. The van der Waals surface area contributed by atoms with Gasteiger partial charge in [-0.3, -0.25) is 15.1 Å². The number of fused-ring (bicyclic) bond motifs is 5. The molecule has 3 fully saturated rings. The maximum Gasteiger partial charge on any atom is 0.139 e. The maximum atomic E-state index is 12.6. The first-order valence-corrected chi connectivity index (χ1v) is 10.9. The fourth-order valence-corrected chi connectivity index (χ4v) is 7.27. The maximum absolute atomic E-state index is 12.6. The Morgan fingerprint density at radius 1 is 1.26 bits per heavy atom. The standard InChI is InChI=1S/C22H36N2O3/c1-21-7-5-16(24-27-10-9-23)12-15(21)11-14(13-25)20-17-3-4-19(26)22(17,2)8-6-18(20)21/h12,14-15,17-18,20,24-25H,3-11,13,23H2,1-2H3/t14?,15?,17-,18+,20-,21-,22-/m0/s1. The van der Waals surface area contributed by atoms with Crippen LogP contribution in [0.1, 0.15) is 58.8 Å². The van der Waals surface area contributed by atoms with Crippen LogP contribution in [0.5, 0.6) is 0 Å². The van der Waals surface area contributed by atoms with Crippen molar-refractivity contribution in [1.82, 2.24) is 5.48 Å². The van der Waals surface area contributed by atoms with Crippen LogP contribution < -0.4 is 11.2 Å². The summed E-state index contributed by atoms with van der Waals surface area (Å²) in [7, 11) is 0. The van der Waals surface area contributed by atoms with Crippen molar-refractivity contribution in [2.45, 2.75) is 58.8 Å². The van der Waals surface area contributed by atoms with Gasteiger partial charge in [-0.15, -0.1) is 0 Å². The molecule has 0 aromatic heterocycles. The summed E-state index contributed by atoms with van der Waals surface area (Å²) < 4.78 is 0. The van der Waals surface area contributed by atoms with Crippen LogP contribution in [0.2, 0.25) is 0 Å². The van der Waals surface area contributed by atoms with Crippen molar-refractivity contribution in [3.63, 3.8) is 0 Å². The average molecular weight is 377 g/mol. The number of aliphatic hydroxyl groups is 1. The monoisotopic (exact) mass is 376 g/mol. The Balaban J connectivity index is 1.60. The van der Waals surface area contributed by atoms with Crippen molar-refractivity contribution in [2.24, 2.45) is 46.2 Å². The third kappa shape index (κ3) is 2.97. The first kappa shape index (κ1) is 19.4. The van der Waals surface area contributed by atoms with Crippen LogP contribution in [0.4, 0.5) is 0 Å². The summed E-state index contributed by atoms with van der Waals surface area (Å²) in [5.41, 5.74) is 9.90. The number of allylic oxidation sites excluding steroid dienone is 2. The SMILES string of the molecule is C[C@]12CCC(NOCCN)=CC1CC(CO)[C@@H]1[C@H]2CC[C@]2(C)C(=O)CC[C@@H]12. The molecule has 0 amide bonds. The summed E-state index contributed by atoms with van der Waals surface area (Å²) in [6.07, 6.45) is 9.49. The number of carbonyl (C=O) groups is 1. The molecule has 3 saturated carbocycles. The molecule has 0 aliphatic heterocycles. The summed E-state index contributed by atoms with van der Waals surface area (Å²) in [6.45, 7) is 5.95. The van der Waals surface area contributed by atoms with Crippen molar-refractivity contribution in [1.29, 1.82) is 0 Å². The van der Waals surface area contributed by atoms with Gasteiger partial charge >= 0.3 is 0 Å². The van der Waals surface area contributed by atoms with Gasteiger partial charge in [0.05, 0.1) is 6.61 Å². The average Bonchev–Trinajstić information content (AvgIpc) is 2.96. The van der Waals surface area contributed by atoms with Crippen LogP contribution in [-0.4, -0.2) is 30.6 Å². The van der Waals surface area contributed by atoms with Crippen LogP contribution in [0.3, 0.4) is 0 Å². The molecule has 2 unspecified atom stereocenters. The number of rotatable bonds is 5. The van der Waals surface area contributed by atoms with Crippen LogP contribution >= 0.6 is 0 Å². The van der Waals surface area contributed by atoms with E-state index in [1.807, 2.05) is 0 Å². The van der Waals surface area contributed by atoms with Crippen molar-refractivity contribution >= 4 is 5.78 Å². The first-order valence-electron chi connectivity index (χ1n) is 10.9. The van der Waals surface area contributed by atoms with Crippen LogP contribution in [0, 0.1) is 40.4 Å². The number of aliphatic hydroxyl groups excluding tert-OH is 1. The molecule has 4 aliphatic carbocycles. The lowest BCUT2D eigenvalue weighted by atomic mass is 9.44. The first-order chi connectivity index (χ1) is 12.9. The predicted octanol–water partition coefficient (Wildman–Crippen LogP) is 2.79. The molecule has 5 nitrogen and oxygen atoms in total. The summed E-state index contributed by atoms with van der Waals surface area (Å²) in [6, 6.07) is 0. The van der Waals surface area contributed by atoms with Crippen LogP contribution in [-0.2, 0) is 9.63 Å². The minimum Gasteiger partial charge on any atom is -0.396 e. The van der Waals surface area contributed by atoms with Crippen LogP contribution in [0.15, 0.2) is 11.8 Å². The summed E-state index contributed by atoms with van der Waals surface area (Å²) in [4.78, 5) is 18.1. The fraction of sp³-hybridized carbons (Fsp3) is 0.864. The topological polar surface area (TPSA) is 84.6 Å². The van der Waals surface area contributed by atoms with Gasteiger partial charge in [0.15, 0.2) is 0 Å². The van der Waals surface area contributed by atoms with Gasteiger partial charge in [0.1, 0.15) is 5.78 Å². The molecule has 0 bridgehead atoms. The summed E-state index contributed by atoms with van der Waals surface area (Å²) >= 11 is 0. The van der Waals surface area contributed by atoms with E-state index in [-0.39, 0.29) is 17.4 Å². The highest BCUT2D eigenvalue weighted by atomic mass is 16.6. The smallest absolute Gasteiger partial charge is 0.139 e.